The molecule has 0 bridgehead atoms. The van der Waals surface area contributed by atoms with E-state index in [1.807, 2.05) is 6.92 Å². The average molecular weight is 492 g/mol. The van der Waals surface area contributed by atoms with Crippen molar-refractivity contribution in [2.24, 2.45) is 0 Å². The number of carbonyl (C=O) groups is 1. The highest BCUT2D eigenvalue weighted by molar-refractivity contribution is 5.88. The molecule has 0 aliphatic heterocycles. The second-order valence-corrected chi connectivity index (χ2v) is 6.94. The third-order valence-corrected chi connectivity index (χ3v) is 4.63. The Hall–Kier alpha value is -4.62. The smallest absolute Gasteiger partial charge is 0.490 e. The normalized spacial score (nSPS) is 11.0. The highest BCUT2D eigenvalue weighted by Crippen LogP contribution is 2.29. The van der Waals surface area contributed by atoms with E-state index < -0.39 is 12.1 Å². The van der Waals surface area contributed by atoms with Crippen LogP contribution in [0.3, 0.4) is 0 Å². The maximum atomic E-state index is 12.4. The summed E-state index contributed by atoms with van der Waals surface area (Å²) in [5.41, 5.74) is 7.99. The molecule has 0 saturated heterocycles. The Morgan fingerprint density at radius 2 is 1.74 bits per heavy atom. The van der Waals surface area contributed by atoms with Gasteiger partial charge in [0.15, 0.2) is 0 Å². The fourth-order valence-electron chi connectivity index (χ4n) is 3.02. The maximum absolute atomic E-state index is 12.4. The number of fused-ring (bicyclic) bond motifs is 2. The number of aromatic amines is 1. The minimum atomic E-state index is -5.08. The Bertz CT molecular complexity index is 1470. The van der Waals surface area contributed by atoms with Crippen molar-refractivity contribution in [3.8, 4) is 11.5 Å². The van der Waals surface area contributed by atoms with Crippen molar-refractivity contribution in [1.82, 2.24) is 19.9 Å². The van der Waals surface area contributed by atoms with Crippen LogP contribution in [0.25, 0.3) is 21.8 Å². The lowest BCUT2D eigenvalue weighted by Crippen LogP contribution is -2.21. The van der Waals surface area contributed by atoms with Gasteiger partial charge < -0.3 is 20.3 Å². The van der Waals surface area contributed by atoms with E-state index in [-0.39, 0.29) is 17.5 Å². The number of methoxy groups -OCH3 is 2. The third-order valence-electron chi connectivity index (χ3n) is 4.63. The van der Waals surface area contributed by atoms with Crippen LogP contribution >= 0.6 is 0 Å². The number of nitrogens with one attached hydrogen (secondary N) is 2. The monoisotopic (exact) mass is 492 g/mol. The van der Waals surface area contributed by atoms with Crippen LogP contribution in [0.1, 0.15) is 5.69 Å². The number of aryl methyl sites for hydroxylation is 1. The number of carboxylic acid groups (broad SMARTS) is 1. The van der Waals surface area contributed by atoms with Gasteiger partial charge in [0, 0.05) is 5.39 Å². The minimum absolute atomic E-state index is 0.210. The summed E-state index contributed by atoms with van der Waals surface area (Å²) in [6.07, 6.45) is -5.08. The summed E-state index contributed by atoms with van der Waals surface area (Å²) in [6, 6.07) is 8.67. The number of carboxylic acids is 1. The number of hydrogen-bond donors (Lipinski definition) is 4. The first-order chi connectivity index (χ1) is 16.4. The van der Waals surface area contributed by atoms with Gasteiger partial charge in [-0.15, -0.1) is 0 Å². The van der Waals surface area contributed by atoms with Gasteiger partial charge in [-0.2, -0.15) is 13.2 Å². The number of nitrogen functional groups attached to an aromatic ring is 1. The van der Waals surface area contributed by atoms with Crippen LogP contribution < -0.4 is 26.1 Å². The Balaban J connectivity index is 0.000000429. The van der Waals surface area contributed by atoms with E-state index in [1.165, 1.54) is 7.11 Å². The number of nitrogens with zero attached hydrogens (tertiary/aromatic N) is 3. The molecule has 2 aromatic heterocycles. The summed E-state index contributed by atoms with van der Waals surface area (Å²) in [7, 11) is 3.08. The molecule has 0 radical (unpaired) electrons. The molecule has 2 aromatic carbocycles. The summed E-state index contributed by atoms with van der Waals surface area (Å²) >= 11 is 0. The first-order valence-electron chi connectivity index (χ1n) is 9.70. The van der Waals surface area contributed by atoms with E-state index in [1.54, 1.807) is 37.4 Å². The zero-order valence-corrected chi connectivity index (χ0v) is 18.5. The third kappa shape index (κ3) is 5.48. The van der Waals surface area contributed by atoms with Gasteiger partial charge in [-0.05, 0) is 31.2 Å². The Morgan fingerprint density at radius 3 is 2.34 bits per heavy atom. The van der Waals surface area contributed by atoms with Gasteiger partial charge in [-0.3, -0.25) is 15.1 Å². The van der Waals surface area contributed by atoms with E-state index in [0.29, 0.717) is 33.6 Å². The highest BCUT2D eigenvalue weighted by atomic mass is 19.4. The average Bonchev–Trinajstić information content (AvgIpc) is 2.78. The van der Waals surface area contributed by atoms with Crippen molar-refractivity contribution in [2.45, 2.75) is 13.1 Å². The predicted molar refractivity (Wildman–Crippen MR) is 121 cm³/mol. The molecule has 35 heavy (non-hydrogen) atoms. The predicted octanol–water partition coefficient (Wildman–Crippen LogP) is 3.15. The number of rotatable bonds is 4. The van der Waals surface area contributed by atoms with E-state index >= 15 is 0 Å². The molecule has 11 nitrogen and oxygen atoms in total. The van der Waals surface area contributed by atoms with Gasteiger partial charge in [0.2, 0.25) is 11.9 Å². The summed E-state index contributed by atoms with van der Waals surface area (Å²) in [6.45, 7) is 1.85. The second-order valence-electron chi connectivity index (χ2n) is 6.94. The molecule has 0 aliphatic rings. The van der Waals surface area contributed by atoms with Gasteiger partial charge in [-0.1, -0.05) is 6.07 Å². The Kier molecular flexibility index (Phi) is 6.93. The van der Waals surface area contributed by atoms with Gasteiger partial charge in [0.05, 0.1) is 36.5 Å². The number of halogens is 3. The van der Waals surface area contributed by atoms with E-state index in [0.717, 1.165) is 11.1 Å². The van der Waals surface area contributed by atoms with Crippen molar-refractivity contribution < 1.29 is 32.5 Å². The SMILES string of the molecule is COc1cc2c(C)nc(Nc3nc4c(OC)cccc4c(=O)[nH]3)nc2cc1N.O=C(O)C(F)(F)F. The van der Waals surface area contributed by atoms with Crippen LogP contribution in [-0.4, -0.2) is 51.4 Å². The van der Waals surface area contributed by atoms with Gasteiger partial charge in [0.1, 0.15) is 17.0 Å². The number of alkyl halides is 3. The maximum Gasteiger partial charge on any atom is 0.490 e. The molecule has 0 fully saturated rings. The molecule has 0 spiro atoms. The number of aliphatic carboxylic acids is 1. The van der Waals surface area contributed by atoms with Crippen molar-refractivity contribution >= 4 is 45.4 Å². The van der Waals surface area contributed by atoms with Crippen LogP contribution in [-0.2, 0) is 4.79 Å². The van der Waals surface area contributed by atoms with E-state index in [9.17, 15) is 18.0 Å². The van der Waals surface area contributed by atoms with Gasteiger partial charge in [-0.25, -0.2) is 19.7 Å². The van der Waals surface area contributed by atoms with Crippen molar-refractivity contribution in [1.29, 1.82) is 0 Å². The molecule has 5 N–H and O–H groups in total. The van der Waals surface area contributed by atoms with Gasteiger partial charge in [0.25, 0.3) is 5.56 Å². The minimum Gasteiger partial charge on any atom is -0.495 e. The fourth-order valence-corrected chi connectivity index (χ4v) is 3.02. The standard InChI is InChI=1S/C19H18N6O3.C2HF3O2/c1-9-11-7-15(28-3)12(20)8-13(11)22-18(21-9)25-19-23-16-10(17(26)24-19)5-4-6-14(16)27-2;3-2(4,5)1(6)7/h4-8H,20H2,1-3H3,(H2,21,22,23,24,25,26);(H,6,7). The van der Waals surface area contributed by atoms with Crippen LogP contribution in [0.15, 0.2) is 35.1 Å². The van der Waals surface area contributed by atoms with Crippen LogP contribution in [0.4, 0.5) is 30.8 Å². The number of para-hydroxylation sites is 1. The fraction of sp³-hybridized carbons (Fsp3) is 0.190. The molecule has 2 heterocycles. The molecular formula is C21H19F3N6O5. The Labute approximate surface area is 194 Å². The molecule has 0 aliphatic carbocycles. The summed E-state index contributed by atoms with van der Waals surface area (Å²) in [5.74, 6) is -1.20. The topological polar surface area (TPSA) is 165 Å². The number of hydrogen-bond acceptors (Lipinski definition) is 9. The van der Waals surface area contributed by atoms with E-state index in [2.05, 4.69) is 25.3 Å². The number of nitrogens with two attached hydrogens (primary N) is 1. The molecule has 4 aromatic rings. The molecule has 4 rings (SSSR count). The summed E-state index contributed by atoms with van der Waals surface area (Å²) < 4.78 is 42.3. The lowest BCUT2D eigenvalue weighted by molar-refractivity contribution is -0.192. The van der Waals surface area contributed by atoms with E-state index in [4.69, 9.17) is 25.1 Å². The summed E-state index contributed by atoms with van der Waals surface area (Å²) in [5, 5.41) is 11.3. The molecule has 0 unspecified atom stereocenters. The Morgan fingerprint density at radius 1 is 1.09 bits per heavy atom. The second kappa shape index (κ2) is 9.70. The molecule has 0 saturated carbocycles. The van der Waals surface area contributed by atoms with Crippen molar-refractivity contribution in [3.63, 3.8) is 0 Å². The molecular weight excluding hydrogens is 473 g/mol. The number of ether oxygens (including phenoxy) is 2. The lowest BCUT2D eigenvalue weighted by Gasteiger charge is -2.11. The zero-order chi connectivity index (χ0) is 25.9. The lowest BCUT2D eigenvalue weighted by atomic mass is 10.1. The molecule has 184 valence electrons. The highest BCUT2D eigenvalue weighted by Gasteiger charge is 2.38. The summed E-state index contributed by atoms with van der Waals surface area (Å²) in [4.78, 5) is 37.3. The largest absolute Gasteiger partial charge is 0.495 e. The number of aromatic nitrogens is 4. The first-order valence-corrected chi connectivity index (χ1v) is 9.70. The number of H-pyrrole nitrogens is 1. The van der Waals surface area contributed by atoms with Crippen molar-refractivity contribution in [2.75, 3.05) is 25.3 Å². The quantitative estimate of drug-likeness (QED) is 0.311. The van der Waals surface area contributed by atoms with Gasteiger partial charge >= 0.3 is 12.1 Å². The van der Waals surface area contributed by atoms with Crippen LogP contribution in [0, 0.1) is 6.92 Å². The van der Waals surface area contributed by atoms with Crippen LogP contribution in [0.2, 0.25) is 0 Å². The number of anilines is 3. The molecule has 14 heteroatoms. The number of benzene rings is 2. The molecule has 0 atom stereocenters. The molecule has 0 amide bonds. The van der Waals surface area contributed by atoms with Crippen LogP contribution in [0.5, 0.6) is 11.5 Å². The first kappa shape index (κ1) is 25.0. The zero-order valence-electron chi connectivity index (χ0n) is 18.5. The van der Waals surface area contributed by atoms with Crippen molar-refractivity contribution in [3.05, 3.63) is 46.4 Å².